The molecule has 76 valence electrons. The van der Waals surface area contributed by atoms with Gasteiger partial charge in [0.2, 0.25) is 0 Å². The van der Waals surface area contributed by atoms with Crippen LogP contribution < -0.4 is 4.74 Å². The lowest BCUT2D eigenvalue weighted by molar-refractivity contribution is -0.385. The van der Waals surface area contributed by atoms with Crippen LogP contribution in [0.15, 0.2) is 12.1 Å². The summed E-state index contributed by atoms with van der Waals surface area (Å²) in [5, 5.41) is 19.3. The van der Waals surface area contributed by atoms with E-state index in [9.17, 15) is 14.9 Å². The Morgan fingerprint density at radius 2 is 2.27 bits per heavy atom. The van der Waals surface area contributed by atoms with Gasteiger partial charge in [-0.05, 0) is 6.07 Å². The van der Waals surface area contributed by atoms with Crippen LogP contribution in [0.1, 0.15) is 15.9 Å². The average molecular weight is 206 g/mol. The topological polar surface area (TPSA) is 93.2 Å². The van der Waals surface area contributed by atoms with Crippen molar-refractivity contribution in [3.8, 4) is 11.8 Å². The molecule has 0 heterocycles. The van der Waals surface area contributed by atoms with Crippen LogP contribution in [0.5, 0.6) is 5.75 Å². The number of ether oxygens (including phenoxy) is 1. The summed E-state index contributed by atoms with van der Waals surface area (Å²) in [5.74, 6) is 0.235. The molecule has 0 atom stereocenters. The van der Waals surface area contributed by atoms with Gasteiger partial charge in [-0.2, -0.15) is 5.26 Å². The predicted octanol–water partition coefficient (Wildman–Crippen LogP) is 1.29. The van der Waals surface area contributed by atoms with Gasteiger partial charge in [-0.25, -0.2) is 0 Å². The first kappa shape index (κ1) is 10.7. The Hall–Kier alpha value is -2.42. The Bertz CT molecular complexity index is 462. The van der Waals surface area contributed by atoms with Gasteiger partial charge in [-0.3, -0.25) is 14.9 Å². The smallest absolute Gasteiger partial charge is 0.297 e. The van der Waals surface area contributed by atoms with Crippen molar-refractivity contribution in [2.45, 2.75) is 0 Å². The van der Waals surface area contributed by atoms with Crippen LogP contribution in [0, 0.1) is 21.4 Å². The number of nitro benzene ring substituents is 1. The van der Waals surface area contributed by atoms with Crippen LogP contribution in [-0.2, 0) is 0 Å². The number of carbonyl (C=O) groups excluding carboxylic acids is 1. The standard InChI is InChI=1S/C9H6N2O4/c1-15-8-2-6(4-10)9(11(13)14)7(3-8)5-12/h2-3,5H,1H3. The molecule has 1 rings (SSSR count). The Morgan fingerprint density at radius 3 is 2.67 bits per heavy atom. The summed E-state index contributed by atoms with van der Waals surface area (Å²) in [6.45, 7) is 0. The molecule has 0 saturated carbocycles. The molecule has 0 fully saturated rings. The van der Waals surface area contributed by atoms with Crippen LogP contribution in [0.2, 0.25) is 0 Å². The fraction of sp³-hybridized carbons (Fsp3) is 0.111. The van der Waals surface area contributed by atoms with E-state index >= 15 is 0 Å². The maximum atomic E-state index is 10.6. The molecule has 0 aromatic heterocycles. The van der Waals surface area contributed by atoms with E-state index in [-0.39, 0.29) is 16.9 Å². The predicted molar refractivity (Wildman–Crippen MR) is 49.8 cm³/mol. The second-order valence-corrected chi connectivity index (χ2v) is 2.60. The van der Waals surface area contributed by atoms with Crippen molar-refractivity contribution in [1.29, 1.82) is 5.26 Å². The maximum absolute atomic E-state index is 10.6. The van der Waals surface area contributed by atoms with E-state index in [1.807, 2.05) is 0 Å². The van der Waals surface area contributed by atoms with E-state index in [4.69, 9.17) is 10.00 Å². The van der Waals surface area contributed by atoms with Crippen molar-refractivity contribution in [2.75, 3.05) is 7.11 Å². The number of nitriles is 1. The molecule has 0 aliphatic heterocycles. The summed E-state index contributed by atoms with van der Waals surface area (Å²) in [5.41, 5.74) is -0.856. The number of methoxy groups -OCH3 is 1. The molecule has 0 saturated heterocycles. The highest BCUT2D eigenvalue weighted by atomic mass is 16.6. The molecular weight excluding hydrogens is 200 g/mol. The van der Waals surface area contributed by atoms with Gasteiger partial charge in [0.25, 0.3) is 5.69 Å². The summed E-state index contributed by atoms with van der Waals surface area (Å²) < 4.78 is 4.80. The normalized spacial score (nSPS) is 9.07. The number of rotatable bonds is 3. The Kier molecular flexibility index (Phi) is 2.98. The number of hydrogen-bond donors (Lipinski definition) is 0. The largest absolute Gasteiger partial charge is 0.497 e. The maximum Gasteiger partial charge on any atom is 0.297 e. The summed E-state index contributed by atoms with van der Waals surface area (Å²) in [6.07, 6.45) is 0.321. The van der Waals surface area contributed by atoms with Crippen LogP contribution in [0.3, 0.4) is 0 Å². The SMILES string of the molecule is COc1cc(C#N)c([N+](=O)[O-])c(C=O)c1. The van der Waals surface area contributed by atoms with Crippen molar-refractivity contribution >= 4 is 12.0 Å². The quantitative estimate of drug-likeness (QED) is 0.422. The van der Waals surface area contributed by atoms with Crippen LogP contribution in [0.25, 0.3) is 0 Å². The number of nitro groups is 1. The number of benzene rings is 1. The highest BCUT2D eigenvalue weighted by Crippen LogP contribution is 2.27. The molecule has 0 unspecified atom stereocenters. The first-order valence-corrected chi connectivity index (χ1v) is 3.85. The Balaban J connectivity index is 3.55. The van der Waals surface area contributed by atoms with E-state index in [1.54, 1.807) is 6.07 Å². The van der Waals surface area contributed by atoms with Gasteiger partial charge in [0.05, 0.1) is 17.6 Å². The fourth-order valence-electron chi connectivity index (χ4n) is 1.13. The fourth-order valence-corrected chi connectivity index (χ4v) is 1.13. The van der Waals surface area contributed by atoms with Crippen molar-refractivity contribution in [3.05, 3.63) is 33.4 Å². The monoisotopic (exact) mass is 206 g/mol. The zero-order chi connectivity index (χ0) is 11.4. The van der Waals surface area contributed by atoms with Crippen molar-refractivity contribution in [2.24, 2.45) is 0 Å². The summed E-state index contributed by atoms with van der Waals surface area (Å²) in [4.78, 5) is 20.5. The minimum atomic E-state index is -0.762. The lowest BCUT2D eigenvalue weighted by Gasteiger charge is -2.02. The minimum absolute atomic E-state index is 0.170. The van der Waals surface area contributed by atoms with Gasteiger partial charge in [0.15, 0.2) is 6.29 Å². The van der Waals surface area contributed by atoms with Gasteiger partial charge < -0.3 is 4.74 Å². The molecular formula is C9H6N2O4. The first-order valence-electron chi connectivity index (χ1n) is 3.85. The first-order chi connectivity index (χ1) is 7.13. The molecule has 0 aliphatic rings. The molecule has 0 amide bonds. The van der Waals surface area contributed by atoms with Crippen LogP contribution in [-0.4, -0.2) is 18.3 Å². The van der Waals surface area contributed by atoms with E-state index in [1.165, 1.54) is 19.2 Å². The van der Waals surface area contributed by atoms with E-state index < -0.39 is 10.6 Å². The van der Waals surface area contributed by atoms with Crippen LogP contribution in [0.4, 0.5) is 5.69 Å². The Labute approximate surface area is 84.8 Å². The highest BCUT2D eigenvalue weighted by Gasteiger charge is 2.21. The third-order valence-corrected chi connectivity index (χ3v) is 1.78. The number of hydrogen-bond acceptors (Lipinski definition) is 5. The van der Waals surface area contributed by atoms with Crippen molar-refractivity contribution in [1.82, 2.24) is 0 Å². The number of carbonyl (C=O) groups is 1. The lowest BCUT2D eigenvalue weighted by Crippen LogP contribution is -1.99. The zero-order valence-electron chi connectivity index (χ0n) is 7.76. The number of nitrogens with zero attached hydrogens (tertiary/aromatic N) is 2. The third-order valence-electron chi connectivity index (χ3n) is 1.78. The molecule has 0 N–H and O–H groups in total. The summed E-state index contributed by atoms with van der Waals surface area (Å²) in [6, 6.07) is 4.07. The molecule has 0 bridgehead atoms. The zero-order valence-corrected chi connectivity index (χ0v) is 7.76. The van der Waals surface area contributed by atoms with E-state index in [2.05, 4.69) is 0 Å². The second-order valence-electron chi connectivity index (χ2n) is 2.60. The van der Waals surface area contributed by atoms with Gasteiger partial charge in [0, 0.05) is 6.07 Å². The van der Waals surface area contributed by atoms with Gasteiger partial charge in [-0.1, -0.05) is 0 Å². The van der Waals surface area contributed by atoms with E-state index in [0.29, 0.717) is 6.29 Å². The summed E-state index contributed by atoms with van der Waals surface area (Å²) >= 11 is 0. The lowest BCUT2D eigenvalue weighted by atomic mass is 10.1. The molecule has 1 aromatic carbocycles. The molecule has 0 aliphatic carbocycles. The van der Waals surface area contributed by atoms with Gasteiger partial charge in [-0.15, -0.1) is 0 Å². The van der Waals surface area contributed by atoms with Gasteiger partial charge >= 0.3 is 0 Å². The molecule has 15 heavy (non-hydrogen) atoms. The highest BCUT2D eigenvalue weighted by molar-refractivity contribution is 5.84. The third kappa shape index (κ3) is 1.91. The molecule has 0 radical (unpaired) electrons. The molecule has 1 aromatic rings. The molecule has 6 nitrogen and oxygen atoms in total. The van der Waals surface area contributed by atoms with Crippen molar-refractivity contribution in [3.63, 3.8) is 0 Å². The number of aldehydes is 1. The van der Waals surface area contributed by atoms with Gasteiger partial charge in [0.1, 0.15) is 17.4 Å². The Morgan fingerprint density at radius 1 is 1.60 bits per heavy atom. The second kappa shape index (κ2) is 4.19. The average Bonchev–Trinajstić information content (AvgIpc) is 2.26. The van der Waals surface area contributed by atoms with E-state index in [0.717, 1.165) is 0 Å². The summed E-state index contributed by atoms with van der Waals surface area (Å²) in [7, 11) is 1.34. The minimum Gasteiger partial charge on any atom is -0.497 e. The van der Waals surface area contributed by atoms with Crippen molar-refractivity contribution < 1.29 is 14.5 Å². The molecule has 6 heteroatoms. The van der Waals surface area contributed by atoms with Crippen LogP contribution >= 0.6 is 0 Å². The molecule has 0 spiro atoms.